The van der Waals surface area contributed by atoms with Gasteiger partial charge < -0.3 is 9.80 Å². The summed E-state index contributed by atoms with van der Waals surface area (Å²) in [5.41, 5.74) is 0. The molecule has 2 heterocycles. The third kappa shape index (κ3) is 4.59. The summed E-state index contributed by atoms with van der Waals surface area (Å²) in [6.45, 7) is 12.8. The van der Waals surface area contributed by atoms with E-state index in [0.717, 1.165) is 11.8 Å². The first kappa shape index (κ1) is 13.4. The van der Waals surface area contributed by atoms with Gasteiger partial charge in [-0.2, -0.15) is 0 Å². The zero-order valence-corrected chi connectivity index (χ0v) is 11.8. The Labute approximate surface area is 107 Å². The summed E-state index contributed by atoms with van der Waals surface area (Å²) in [5, 5.41) is 0. The molecule has 0 amide bonds. The molecule has 2 atom stereocenters. The van der Waals surface area contributed by atoms with Crippen molar-refractivity contribution in [1.29, 1.82) is 0 Å². The van der Waals surface area contributed by atoms with Crippen molar-refractivity contribution in [3.05, 3.63) is 0 Å². The van der Waals surface area contributed by atoms with Crippen LogP contribution in [-0.4, -0.2) is 49.1 Å². The molecule has 2 fully saturated rings. The minimum absolute atomic E-state index is 0.929. The second kappa shape index (κ2) is 6.75. The summed E-state index contributed by atoms with van der Waals surface area (Å²) in [6.07, 6.45) is 7.10. The molecule has 0 aliphatic carbocycles. The first-order valence-electron chi connectivity index (χ1n) is 7.69. The molecular weight excluding hydrogens is 208 g/mol. The van der Waals surface area contributed by atoms with Crippen molar-refractivity contribution in [2.75, 3.05) is 39.3 Å². The van der Waals surface area contributed by atoms with Gasteiger partial charge in [-0.05, 0) is 70.1 Å². The molecule has 0 N–H and O–H groups in total. The van der Waals surface area contributed by atoms with Crippen LogP contribution in [0.5, 0.6) is 0 Å². The first-order chi connectivity index (χ1) is 8.24. The van der Waals surface area contributed by atoms with Crippen LogP contribution in [0, 0.1) is 11.8 Å². The van der Waals surface area contributed by atoms with Crippen molar-refractivity contribution < 1.29 is 0 Å². The smallest absolute Gasteiger partial charge is 0.000703 e. The van der Waals surface area contributed by atoms with Gasteiger partial charge in [0.1, 0.15) is 0 Å². The maximum atomic E-state index is 2.68. The average Bonchev–Trinajstić information content (AvgIpc) is 2.29. The molecule has 17 heavy (non-hydrogen) atoms. The van der Waals surface area contributed by atoms with Crippen molar-refractivity contribution in [2.24, 2.45) is 11.8 Å². The van der Waals surface area contributed by atoms with Crippen LogP contribution < -0.4 is 0 Å². The number of nitrogens with zero attached hydrogens (tertiary/aromatic N) is 2. The van der Waals surface area contributed by atoms with Crippen LogP contribution >= 0.6 is 0 Å². The lowest BCUT2D eigenvalue weighted by Gasteiger charge is -2.33. The van der Waals surface area contributed by atoms with Crippen LogP contribution in [0.4, 0.5) is 0 Å². The molecule has 2 saturated heterocycles. The monoisotopic (exact) mass is 238 g/mol. The molecule has 0 saturated carbocycles. The van der Waals surface area contributed by atoms with Crippen molar-refractivity contribution in [2.45, 2.75) is 46.0 Å². The molecule has 2 unspecified atom stereocenters. The quantitative estimate of drug-likeness (QED) is 0.743. The minimum atomic E-state index is 0.929. The molecule has 2 nitrogen and oxygen atoms in total. The minimum Gasteiger partial charge on any atom is -0.303 e. The van der Waals surface area contributed by atoms with Gasteiger partial charge in [0.2, 0.25) is 0 Å². The standard InChI is InChI=1S/C15H30N2/c1-14-6-3-8-16(12-14)10-5-11-17-9-4-7-15(2)13-17/h14-15H,3-13H2,1-2H3. The molecule has 0 aromatic carbocycles. The lowest BCUT2D eigenvalue weighted by atomic mass is 9.99. The van der Waals surface area contributed by atoms with Crippen LogP contribution in [-0.2, 0) is 0 Å². The van der Waals surface area contributed by atoms with Crippen molar-refractivity contribution in [3.8, 4) is 0 Å². The van der Waals surface area contributed by atoms with Gasteiger partial charge in [0.15, 0.2) is 0 Å². The summed E-state index contributed by atoms with van der Waals surface area (Å²) >= 11 is 0. The van der Waals surface area contributed by atoms with E-state index in [1.807, 2.05) is 0 Å². The van der Waals surface area contributed by atoms with E-state index < -0.39 is 0 Å². The third-order valence-electron chi connectivity index (χ3n) is 4.43. The number of hydrogen-bond donors (Lipinski definition) is 0. The predicted molar refractivity (Wildman–Crippen MR) is 74.3 cm³/mol. The molecule has 0 aromatic rings. The fourth-order valence-electron chi connectivity index (χ4n) is 3.50. The Morgan fingerprint density at radius 3 is 1.71 bits per heavy atom. The first-order valence-corrected chi connectivity index (χ1v) is 7.69. The summed E-state index contributed by atoms with van der Waals surface area (Å²) in [5.74, 6) is 1.86. The Morgan fingerprint density at radius 1 is 0.824 bits per heavy atom. The molecule has 0 bridgehead atoms. The highest BCUT2D eigenvalue weighted by molar-refractivity contribution is 4.73. The highest BCUT2D eigenvalue weighted by atomic mass is 15.2. The van der Waals surface area contributed by atoms with Crippen LogP contribution in [0.1, 0.15) is 46.0 Å². The van der Waals surface area contributed by atoms with E-state index in [1.54, 1.807) is 0 Å². The van der Waals surface area contributed by atoms with E-state index >= 15 is 0 Å². The Balaban J connectivity index is 1.58. The van der Waals surface area contributed by atoms with Gasteiger partial charge in [-0.1, -0.05) is 13.8 Å². The number of likely N-dealkylation sites (tertiary alicyclic amines) is 2. The van der Waals surface area contributed by atoms with Gasteiger partial charge in [0.05, 0.1) is 0 Å². The van der Waals surface area contributed by atoms with E-state index in [1.165, 1.54) is 71.4 Å². The summed E-state index contributed by atoms with van der Waals surface area (Å²) < 4.78 is 0. The van der Waals surface area contributed by atoms with Gasteiger partial charge >= 0.3 is 0 Å². The highest BCUT2D eigenvalue weighted by Gasteiger charge is 2.18. The van der Waals surface area contributed by atoms with Crippen LogP contribution in [0.25, 0.3) is 0 Å². The van der Waals surface area contributed by atoms with Gasteiger partial charge in [0.25, 0.3) is 0 Å². The van der Waals surface area contributed by atoms with Crippen LogP contribution in [0.3, 0.4) is 0 Å². The van der Waals surface area contributed by atoms with Crippen molar-refractivity contribution in [1.82, 2.24) is 9.80 Å². The maximum Gasteiger partial charge on any atom is 0.000703 e. The van der Waals surface area contributed by atoms with Crippen molar-refractivity contribution >= 4 is 0 Å². The average molecular weight is 238 g/mol. The van der Waals surface area contributed by atoms with E-state index in [-0.39, 0.29) is 0 Å². The molecule has 0 radical (unpaired) electrons. The molecule has 2 heteroatoms. The Morgan fingerprint density at radius 2 is 1.29 bits per heavy atom. The zero-order valence-electron chi connectivity index (χ0n) is 11.8. The second-order valence-electron chi connectivity index (χ2n) is 6.45. The van der Waals surface area contributed by atoms with Gasteiger partial charge in [-0.15, -0.1) is 0 Å². The maximum absolute atomic E-state index is 2.68. The Bertz CT molecular complexity index is 195. The van der Waals surface area contributed by atoms with Gasteiger partial charge in [-0.25, -0.2) is 0 Å². The van der Waals surface area contributed by atoms with Crippen LogP contribution in [0.15, 0.2) is 0 Å². The number of hydrogen-bond acceptors (Lipinski definition) is 2. The summed E-state index contributed by atoms with van der Waals surface area (Å²) in [4.78, 5) is 5.36. The molecule has 2 aliphatic heterocycles. The second-order valence-corrected chi connectivity index (χ2v) is 6.45. The third-order valence-corrected chi connectivity index (χ3v) is 4.43. The van der Waals surface area contributed by atoms with Crippen molar-refractivity contribution in [3.63, 3.8) is 0 Å². The lowest BCUT2D eigenvalue weighted by Crippen LogP contribution is -2.38. The lowest BCUT2D eigenvalue weighted by molar-refractivity contribution is 0.150. The number of piperidine rings is 2. The van der Waals surface area contributed by atoms with E-state index in [0.29, 0.717) is 0 Å². The normalized spacial score (nSPS) is 32.8. The Hall–Kier alpha value is -0.0800. The molecular formula is C15H30N2. The van der Waals surface area contributed by atoms with Gasteiger partial charge in [0, 0.05) is 13.1 Å². The van der Waals surface area contributed by atoms with Gasteiger partial charge in [-0.3, -0.25) is 0 Å². The van der Waals surface area contributed by atoms with E-state index in [9.17, 15) is 0 Å². The molecule has 2 rings (SSSR count). The fourth-order valence-corrected chi connectivity index (χ4v) is 3.50. The van der Waals surface area contributed by atoms with Crippen LogP contribution in [0.2, 0.25) is 0 Å². The molecule has 0 spiro atoms. The fraction of sp³-hybridized carbons (Fsp3) is 1.00. The van der Waals surface area contributed by atoms with E-state index in [4.69, 9.17) is 0 Å². The summed E-state index contributed by atoms with van der Waals surface area (Å²) in [6, 6.07) is 0. The summed E-state index contributed by atoms with van der Waals surface area (Å²) in [7, 11) is 0. The topological polar surface area (TPSA) is 6.48 Å². The van der Waals surface area contributed by atoms with E-state index in [2.05, 4.69) is 23.6 Å². The Kier molecular flexibility index (Phi) is 5.30. The number of rotatable bonds is 4. The highest BCUT2D eigenvalue weighted by Crippen LogP contribution is 2.17. The molecule has 2 aliphatic rings. The molecule has 0 aromatic heterocycles. The SMILES string of the molecule is CC1CCCN(CCCN2CCCC(C)C2)C1. The largest absolute Gasteiger partial charge is 0.303 e. The molecule has 100 valence electrons. The predicted octanol–water partition coefficient (Wildman–Crippen LogP) is 2.84. The zero-order chi connectivity index (χ0) is 12.1.